The van der Waals surface area contributed by atoms with E-state index in [4.69, 9.17) is 0 Å². The summed E-state index contributed by atoms with van der Waals surface area (Å²) in [6, 6.07) is 2.59. The van der Waals surface area contributed by atoms with E-state index in [2.05, 4.69) is 24.1 Å². The summed E-state index contributed by atoms with van der Waals surface area (Å²) < 4.78 is 27.3. The molecule has 2 nitrogen and oxygen atoms in total. The molecule has 4 heteroatoms. The van der Waals surface area contributed by atoms with Crippen molar-refractivity contribution in [2.45, 2.75) is 32.7 Å². The van der Waals surface area contributed by atoms with Gasteiger partial charge in [-0.1, -0.05) is 6.92 Å². The summed E-state index contributed by atoms with van der Waals surface area (Å²) in [5.74, 6) is -0.857. The third kappa shape index (κ3) is 2.47. The number of hydrogen-bond donors (Lipinski definition) is 1. The average Bonchev–Trinajstić information content (AvgIpc) is 2.80. The predicted molar refractivity (Wildman–Crippen MR) is 75.6 cm³/mol. The zero-order chi connectivity index (χ0) is 14.3. The Kier molecular flexibility index (Phi) is 3.55. The van der Waals surface area contributed by atoms with Gasteiger partial charge < -0.3 is 5.32 Å². The minimum absolute atomic E-state index is 0.0846. The zero-order valence-electron chi connectivity index (χ0n) is 12.2. The molecule has 2 heterocycles. The van der Waals surface area contributed by atoms with E-state index in [0.29, 0.717) is 12.0 Å². The Balaban J connectivity index is 1.83. The van der Waals surface area contributed by atoms with Gasteiger partial charge in [-0.25, -0.2) is 8.78 Å². The van der Waals surface area contributed by atoms with E-state index < -0.39 is 5.82 Å². The van der Waals surface area contributed by atoms with Crippen LogP contribution in [0, 0.1) is 17.0 Å². The van der Waals surface area contributed by atoms with Crippen LogP contribution in [0.15, 0.2) is 12.1 Å². The van der Waals surface area contributed by atoms with Crippen molar-refractivity contribution in [3.8, 4) is 0 Å². The molecule has 110 valence electrons. The molecule has 0 bridgehead atoms. The maximum Gasteiger partial charge on any atom is 0.129 e. The smallest absolute Gasteiger partial charge is 0.129 e. The molecule has 0 saturated carbocycles. The fourth-order valence-electron chi connectivity index (χ4n) is 3.62. The number of hydrogen-bond acceptors (Lipinski definition) is 2. The van der Waals surface area contributed by atoms with Crippen molar-refractivity contribution >= 4 is 0 Å². The third-order valence-electron chi connectivity index (χ3n) is 4.88. The average molecular weight is 280 g/mol. The molecule has 2 aliphatic rings. The molecule has 1 fully saturated rings. The molecule has 0 radical (unpaired) electrons. The normalized spacial score (nSPS) is 30.5. The summed E-state index contributed by atoms with van der Waals surface area (Å²) in [6.07, 6.45) is 1.84. The fraction of sp³-hybridized carbons (Fsp3) is 0.625. The van der Waals surface area contributed by atoms with Crippen LogP contribution in [0.25, 0.3) is 0 Å². The molecule has 1 N–H and O–H groups in total. The Morgan fingerprint density at radius 3 is 2.90 bits per heavy atom. The lowest BCUT2D eigenvalue weighted by atomic mass is 9.86. The Morgan fingerprint density at radius 1 is 1.40 bits per heavy atom. The van der Waals surface area contributed by atoms with Crippen molar-refractivity contribution < 1.29 is 8.78 Å². The molecule has 2 unspecified atom stereocenters. The molecule has 20 heavy (non-hydrogen) atoms. The molecular formula is C16H22F2N2. The van der Waals surface area contributed by atoms with Crippen LogP contribution in [0.5, 0.6) is 0 Å². The Bertz CT molecular complexity index is 509. The van der Waals surface area contributed by atoms with E-state index >= 15 is 0 Å². The second-order valence-electron chi connectivity index (χ2n) is 6.59. The number of rotatable bonds is 2. The van der Waals surface area contributed by atoms with Gasteiger partial charge in [-0.2, -0.15) is 0 Å². The van der Waals surface area contributed by atoms with Crippen molar-refractivity contribution in [3.05, 3.63) is 34.9 Å². The van der Waals surface area contributed by atoms with Crippen molar-refractivity contribution in [2.75, 3.05) is 26.2 Å². The molecule has 1 aromatic rings. The first-order valence-electron chi connectivity index (χ1n) is 7.41. The van der Waals surface area contributed by atoms with Crippen molar-refractivity contribution in [1.29, 1.82) is 0 Å². The van der Waals surface area contributed by atoms with Gasteiger partial charge >= 0.3 is 0 Å². The van der Waals surface area contributed by atoms with Gasteiger partial charge in [0.1, 0.15) is 11.6 Å². The maximum atomic E-state index is 13.8. The molecule has 0 amide bonds. The topological polar surface area (TPSA) is 15.3 Å². The first-order valence-corrected chi connectivity index (χ1v) is 7.41. The van der Waals surface area contributed by atoms with E-state index in [1.165, 1.54) is 12.5 Å². The second-order valence-corrected chi connectivity index (χ2v) is 6.59. The highest BCUT2D eigenvalue weighted by Crippen LogP contribution is 2.35. The van der Waals surface area contributed by atoms with Crippen LogP contribution in [0.1, 0.15) is 37.4 Å². The highest BCUT2D eigenvalue weighted by atomic mass is 19.1. The lowest BCUT2D eigenvalue weighted by Crippen LogP contribution is -2.42. The van der Waals surface area contributed by atoms with Crippen LogP contribution in [0.3, 0.4) is 0 Å². The highest BCUT2D eigenvalue weighted by Gasteiger charge is 2.34. The SMILES string of the molecule is CC1c2cc(F)cc(F)c2CCN1CC1(C)CCNC1. The Labute approximate surface area is 119 Å². The maximum absolute atomic E-state index is 13.8. The Hall–Kier alpha value is -1.00. The van der Waals surface area contributed by atoms with Crippen molar-refractivity contribution in [3.63, 3.8) is 0 Å². The van der Waals surface area contributed by atoms with Crippen LogP contribution in [-0.2, 0) is 6.42 Å². The monoisotopic (exact) mass is 280 g/mol. The van der Waals surface area contributed by atoms with Crippen molar-refractivity contribution in [1.82, 2.24) is 10.2 Å². The molecular weight excluding hydrogens is 258 g/mol. The van der Waals surface area contributed by atoms with Gasteiger partial charge in [0.25, 0.3) is 0 Å². The fourth-order valence-corrected chi connectivity index (χ4v) is 3.62. The van der Waals surface area contributed by atoms with Crippen LogP contribution in [-0.4, -0.2) is 31.1 Å². The van der Waals surface area contributed by atoms with Gasteiger partial charge in [-0.15, -0.1) is 0 Å². The van der Waals surface area contributed by atoms with Gasteiger partial charge in [0.2, 0.25) is 0 Å². The number of fused-ring (bicyclic) bond motifs is 1. The van der Waals surface area contributed by atoms with E-state index in [9.17, 15) is 8.78 Å². The molecule has 0 spiro atoms. The lowest BCUT2D eigenvalue weighted by Gasteiger charge is -2.40. The van der Waals surface area contributed by atoms with Crippen molar-refractivity contribution in [2.24, 2.45) is 5.41 Å². The first-order chi connectivity index (χ1) is 9.48. The summed E-state index contributed by atoms with van der Waals surface area (Å²) >= 11 is 0. The minimum Gasteiger partial charge on any atom is -0.316 e. The molecule has 0 aromatic heterocycles. The van der Waals surface area contributed by atoms with Gasteiger partial charge in [0.15, 0.2) is 0 Å². The predicted octanol–water partition coefficient (Wildman–Crippen LogP) is 2.88. The van der Waals surface area contributed by atoms with Crippen LogP contribution >= 0.6 is 0 Å². The molecule has 1 saturated heterocycles. The van der Waals surface area contributed by atoms with Gasteiger partial charge in [0, 0.05) is 31.7 Å². The number of nitrogens with zero attached hydrogens (tertiary/aromatic N) is 1. The summed E-state index contributed by atoms with van der Waals surface area (Å²) in [4.78, 5) is 2.37. The van der Waals surface area contributed by atoms with E-state index in [1.54, 1.807) is 0 Å². The minimum atomic E-state index is -0.469. The molecule has 2 atom stereocenters. The van der Waals surface area contributed by atoms with E-state index in [1.807, 2.05) is 0 Å². The van der Waals surface area contributed by atoms with Gasteiger partial charge in [-0.05, 0) is 48.9 Å². The molecule has 1 aromatic carbocycles. The highest BCUT2D eigenvalue weighted by molar-refractivity contribution is 5.34. The molecule has 2 aliphatic heterocycles. The summed E-state index contributed by atoms with van der Waals surface area (Å²) in [5, 5.41) is 3.41. The standard InChI is InChI=1S/C16H22F2N2/c1-11-14-7-12(17)8-15(18)13(14)3-6-20(11)10-16(2)4-5-19-9-16/h7-8,11,19H,3-6,9-10H2,1-2H3. The Morgan fingerprint density at radius 2 is 2.20 bits per heavy atom. The third-order valence-corrected chi connectivity index (χ3v) is 4.88. The number of nitrogens with one attached hydrogen (secondary N) is 1. The van der Waals surface area contributed by atoms with Gasteiger partial charge in [-0.3, -0.25) is 4.90 Å². The summed E-state index contributed by atoms with van der Waals surface area (Å²) in [6.45, 7) is 8.29. The van der Waals surface area contributed by atoms with E-state index in [-0.39, 0.29) is 17.3 Å². The lowest BCUT2D eigenvalue weighted by molar-refractivity contribution is 0.127. The number of halogens is 2. The van der Waals surface area contributed by atoms with E-state index in [0.717, 1.165) is 37.8 Å². The van der Waals surface area contributed by atoms with Crippen LogP contribution < -0.4 is 5.32 Å². The largest absolute Gasteiger partial charge is 0.316 e. The first kappa shape index (κ1) is 14.0. The van der Waals surface area contributed by atoms with Gasteiger partial charge in [0.05, 0.1) is 0 Å². The summed E-state index contributed by atoms with van der Waals surface area (Å²) in [7, 11) is 0. The number of benzene rings is 1. The molecule has 3 rings (SSSR count). The quantitative estimate of drug-likeness (QED) is 0.896. The van der Waals surface area contributed by atoms with Crippen LogP contribution in [0.4, 0.5) is 8.78 Å². The summed E-state index contributed by atoms with van der Waals surface area (Å²) in [5.41, 5.74) is 1.80. The second kappa shape index (κ2) is 5.08. The molecule has 0 aliphatic carbocycles. The van der Waals surface area contributed by atoms with Crippen LogP contribution in [0.2, 0.25) is 0 Å². The zero-order valence-corrected chi connectivity index (χ0v) is 12.2.